The van der Waals surface area contributed by atoms with E-state index in [1.54, 1.807) is 0 Å². The smallest absolute Gasteiger partial charge is 0.120 e. The lowest BCUT2D eigenvalue weighted by molar-refractivity contribution is 0.867. The van der Waals surface area contributed by atoms with Crippen LogP contribution in [0.1, 0.15) is 87.1 Å². The van der Waals surface area contributed by atoms with Gasteiger partial charge in [0.15, 0.2) is 0 Å². The standard InChI is InChI=1S/C37H36N4/c1-21(2)24-7-13-27(14-8-24)32-30(19-38)33(28-15-9-25(10-16-28)22(3)4)36-35(31(20-39)37(40)41-36)34(32)29-17-11-26(12-18-29)23(5)6/h7-18,21-23,41H,40H2,1-6H3. The summed E-state index contributed by atoms with van der Waals surface area (Å²) in [6.45, 7) is 13.0. The van der Waals surface area contributed by atoms with Crippen LogP contribution in [0.2, 0.25) is 0 Å². The van der Waals surface area contributed by atoms with Crippen LogP contribution in [0.4, 0.5) is 5.82 Å². The number of nitrogens with one attached hydrogen (secondary N) is 1. The van der Waals surface area contributed by atoms with Gasteiger partial charge < -0.3 is 10.7 Å². The van der Waals surface area contributed by atoms with Crippen LogP contribution < -0.4 is 5.73 Å². The number of nitriles is 2. The number of aromatic amines is 1. The highest BCUT2D eigenvalue weighted by Gasteiger charge is 2.27. The van der Waals surface area contributed by atoms with E-state index in [9.17, 15) is 10.5 Å². The number of nitrogens with two attached hydrogens (primary N) is 1. The molecule has 4 heteroatoms. The van der Waals surface area contributed by atoms with Gasteiger partial charge in [-0.05, 0) is 51.1 Å². The molecule has 0 unspecified atom stereocenters. The first-order chi connectivity index (χ1) is 19.7. The first-order valence-electron chi connectivity index (χ1n) is 14.3. The Bertz CT molecular complexity index is 1800. The predicted octanol–water partition coefficient (Wildman–Crippen LogP) is 9.86. The van der Waals surface area contributed by atoms with Crippen molar-refractivity contribution in [3.8, 4) is 45.5 Å². The lowest BCUT2D eigenvalue weighted by Crippen LogP contribution is -1.98. The van der Waals surface area contributed by atoms with Crippen LogP contribution in [0.3, 0.4) is 0 Å². The number of hydrogen-bond acceptors (Lipinski definition) is 3. The summed E-state index contributed by atoms with van der Waals surface area (Å²) < 4.78 is 0. The number of rotatable bonds is 6. The Kier molecular flexibility index (Phi) is 7.44. The lowest BCUT2D eigenvalue weighted by atomic mass is 9.82. The van der Waals surface area contributed by atoms with E-state index in [4.69, 9.17) is 5.73 Å². The fourth-order valence-electron chi connectivity index (χ4n) is 5.65. The van der Waals surface area contributed by atoms with Crippen LogP contribution in [0.25, 0.3) is 44.3 Å². The molecule has 204 valence electrons. The molecule has 0 aliphatic rings. The van der Waals surface area contributed by atoms with Crippen molar-refractivity contribution in [3.63, 3.8) is 0 Å². The number of fused-ring (bicyclic) bond motifs is 1. The Labute approximate surface area is 243 Å². The molecule has 4 aromatic carbocycles. The number of hydrogen-bond donors (Lipinski definition) is 2. The minimum atomic E-state index is 0.304. The third kappa shape index (κ3) is 4.88. The zero-order chi connectivity index (χ0) is 29.4. The van der Waals surface area contributed by atoms with E-state index in [1.165, 1.54) is 16.7 Å². The summed E-state index contributed by atoms with van der Waals surface area (Å²) >= 11 is 0. The maximum absolute atomic E-state index is 10.8. The fourth-order valence-corrected chi connectivity index (χ4v) is 5.65. The first-order valence-corrected chi connectivity index (χ1v) is 14.3. The molecule has 1 aromatic heterocycles. The van der Waals surface area contributed by atoms with E-state index in [0.717, 1.165) is 38.8 Å². The van der Waals surface area contributed by atoms with Gasteiger partial charge in [0.2, 0.25) is 0 Å². The summed E-state index contributed by atoms with van der Waals surface area (Å²) in [4.78, 5) is 3.30. The van der Waals surface area contributed by atoms with Gasteiger partial charge in [-0.15, -0.1) is 0 Å². The van der Waals surface area contributed by atoms with E-state index in [2.05, 4.69) is 131 Å². The van der Waals surface area contributed by atoms with Gasteiger partial charge in [0.05, 0.1) is 11.1 Å². The van der Waals surface area contributed by atoms with Crippen molar-refractivity contribution >= 4 is 16.7 Å². The molecule has 0 atom stereocenters. The zero-order valence-electron chi connectivity index (χ0n) is 24.6. The monoisotopic (exact) mass is 536 g/mol. The van der Waals surface area contributed by atoms with Crippen molar-refractivity contribution in [2.75, 3.05) is 5.73 Å². The average molecular weight is 537 g/mol. The highest BCUT2D eigenvalue weighted by Crippen LogP contribution is 2.48. The Balaban J connectivity index is 1.96. The van der Waals surface area contributed by atoms with E-state index in [1.807, 2.05) is 0 Å². The second kappa shape index (κ2) is 11.0. The average Bonchev–Trinajstić information content (AvgIpc) is 3.31. The topological polar surface area (TPSA) is 89.4 Å². The molecule has 0 aliphatic heterocycles. The van der Waals surface area contributed by atoms with Crippen molar-refractivity contribution in [2.45, 2.75) is 59.3 Å². The second-order valence-electron chi connectivity index (χ2n) is 11.7. The second-order valence-corrected chi connectivity index (χ2v) is 11.7. The number of anilines is 1. The van der Waals surface area contributed by atoms with Crippen molar-refractivity contribution < 1.29 is 0 Å². The van der Waals surface area contributed by atoms with Crippen LogP contribution in [0.15, 0.2) is 72.8 Å². The molecule has 0 radical (unpaired) electrons. The van der Waals surface area contributed by atoms with E-state index in [0.29, 0.717) is 40.2 Å². The van der Waals surface area contributed by atoms with Crippen LogP contribution in [0, 0.1) is 22.7 Å². The number of H-pyrrole nitrogens is 1. The quantitative estimate of drug-likeness (QED) is 0.226. The summed E-state index contributed by atoms with van der Waals surface area (Å²) in [6.07, 6.45) is 0. The molecule has 1 heterocycles. The molecule has 5 aromatic rings. The third-order valence-electron chi connectivity index (χ3n) is 8.10. The van der Waals surface area contributed by atoms with E-state index in [-0.39, 0.29) is 0 Å². The maximum atomic E-state index is 10.8. The van der Waals surface area contributed by atoms with Crippen molar-refractivity contribution in [2.24, 2.45) is 0 Å². The lowest BCUT2D eigenvalue weighted by Gasteiger charge is -2.20. The normalized spacial score (nSPS) is 11.4. The SMILES string of the molecule is CC(C)c1ccc(-c2c(C#N)c(-c3ccc(C(C)C)cc3)c3[nH]c(N)c(C#N)c3c2-c2ccc(C(C)C)cc2)cc1. The van der Waals surface area contributed by atoms with Gasteiger partial charge in [-0.2, -0.15) is 10.5 Å². The molecule has 0 fully saturated rings. The Hall–Kier alpha value is -4.80. The molecular formula is C37H36N4. The molecule has 4 nitrogen and oxygen atoms in total. The molecule has 0 aliphatic carbocycles. The third-order valence-corrected chi connectivity index (χ3v) is 8.10. The molecule has 0 saturated carbocycles. The minimum absolute atomic E-state index is 0.304. The largest absolute Gasteiger partial charge is 0.384 e. The molecule has 0 saturated heterocycles. The first kappa shape index (κ1) is 27.8. The molecule has 41 heavy (non-hydrogen) atoms. The highest BCUT2D eigenvalue weighted by atomic mass is 14.9. The van der Waals surface area contributed by atoms with E-state index < -0.39 is 0 Å². The Morgan fingerprint density at radius 3 is 1.27 bits per heavy atom. The van der Waals surface area contributed by atoms with Gasteiger partial charge in [-0.25, -0.2) is 0 Å². The van der Waals surface area contributed by atoms with Crippen molar-refractivity contribution in [1.82, 2.24) is 4.98 Å². The molecule has 0 bridgehead atoms. The molecule has 0 amide bonds. The van der Waals surface area contributed by atoms with Gasteiger partial charge in [0.25, 0.3) is 0 Å². The predicted molar refractivity (Wildman–Crippen MR) is 171 cm³/mol. The Morgan fingerprint density at radius 1 is 0.537 bits per heavy atom. The van der Waals surface area contributed by atoms with Crippen LogP contribution in [0.5, 0.6) is 0 Å². The fraction of sp³-hybridized carbons (Fsp3) is 0.243. The molecule has 0 spiro atoms. The summed E-state index contributed by atoms with van der Waals surface area (Å²) in [5, 5.41) is 21.9. The van der Waals surface area contributed by atoms with E-state index >= 15 is 0 Å². The van der Waals surface area contributed by atoms with Gasteiger partial charge in [0, 0.05) is 22.1 Å². The number of nitrogens with zero attached hydrogens (tertiary/aromatic N) is 2. The maximum Gasteiger partial charge on any atom is 0.120 e. The summed E-state index contributed by atoms with van der Waals surface area (Å²) in [7, 11) is 0. The molecule has 5 rings (SSSR count). The number of aromatic nitrogens is 1. The number of nitrogen functional groups attached to an aromatic ring is 1. The van der Waals surface area contributed by atoms with Crippen LogP contribution in [-0.2, 0) is 0 Å². The summed E-state index contributed by atoms with van der Waals surface area (Å²) in [6, 6.07) is 30.2. The van der Waals surface area contributed by atoms with Gasteiger partial charge in [0.1, 0.15) is 23.5 Å². The zero-order valence-corrected chi connectivity index (χ0v) is 24.6. The minimum Gasteiger partial charge on any atom is -0.384 e. The van der Waals surface area contributed by atoms with Gasteiger partial charge in [-0.1, -0.05) is 114 Å². The van der Waals surface area contributed by atoms with Gasteiger partial charge in [-0.3, -0.25) is 0 Å². The summed E-state index contributed by atoms with van der Waals surface area (Å²) in [5.74, 6) is 1.46. The Morgan fingerprint density at radius 2 is 0.902 bits per heavy atom. The van der Waals surface area contributed by atoms with Crippen LogP contribution >= 0.6 is 0 Å². The van der Waals surface area contributed by atoms with Crippen molar-refractivity contribution in [1.29, 1.82) is 10.5 Å². The highest BCUT2D eigenvalue weighted by molar-refractivity contribution is 6.16. The molecule has 3 N–H and O–H groups in total. The van der Waals surface area contributed by atoms with Crippen LogP contribution in [-0.4, -0.2) is 4.98 Å². The van der Waals surface area contributed by atoms with Gasteiger partial charge >= 0.3 is 0 Å². The number of benzene rings is 4. The van der Waals surface area contributed by atoms with Crippen molar-refractivity contribution in [3.05, 3.63) is 101 Å². The molecular weight excluding hydrogens is 500 g/mol. The summed E-state index contributed by atoms with van der Waals surface area (Å²) in [5.41, 5.74) is 17.0.